The summed E-state index contributed by atoms with van der Waals surface area (Å²) in [6.45, 7) is 0. The molecule has 15 heavy (non-hydrogen) atoms. The first-order chi connectivity index (χ1) is 6.85. The second-order valence-corrected chi connectivity index (χ2v) is 6.36. The maximum atomic E-state index is 13.3. The quantitative estimate of drug-likeness (QED) is 0.805. The van der Waals surface area contributed by atoms with Crippen LogP contribution in [0.5, 0.6) is 5.75 Å². The fraction of sp³-hybridized carbons (Fsp3) is 0.250. The third-order valence-corrected chi connectivity index (χ3v) is 3.26. The van der Waals surface area contributed by atoms with Crippen LogP contribution in [0.25, 0.3) is 0 Å². The van der Waals surface area contributed by atoms with Crippen molar-refractivity contribution < 1.29 is 17.5 Å². The number of rotatable bonds is 3. The zero-order valence-corrected chi connectivity index (χ0v) is 10.8. The topological polar surface area (TPSA) is 43.4 Å². The lowest BCUT2D eigenvalue weighted by Gasteiger charge is -2.09. The fourth-order valence-electron chi connectivity index (χ4n) is 1.10. The Bertz CT molecular complexity index is 475. The molecule has 0 fully saturated rings. The predicted molar refractivity (Wildman–Crippen MR) is 59.1 cm³/mol. The Hall–Kier alpha value is -0.330. The largest absolute Gasteiger partial charge is 0.495 e. The van der Waals surface area contributed by atoms with Gasteiger partial charge in [0.2, 0.25) is 9.05 Å². The summed E-state index contributed by atoms with van der Waals surface area (Å²) in [6.07, 6.45) is 0. The number of hydrogen-bond donors (Lipinski definition) is 0. The van der Waals surface area contributed by atoms with Gasteiger partial charge in [-0.05, 0) is 28.1 Å². The van der Waals surface area contributed by atoms with Crippen LogP contribution in [-0.2, 0) is 14.8 Å². The molecule has 0 aliphatic rings. The molecule has 0 saturated heterocycles. The Morgan fingerprint density at radius 3 is 2.60 bits per heavy atom. The molecule has 84 valence electrons. The van der Waals surface area contributed by atoms with Gasteiger partial charge < -0.3 is 4.74 Å². The van der Waals surface area contributed by atoms with E-state index in [9.17, 15) is 12.8 Å². The molecule has 1 aromatic rings. The van der Waals surface area contributed by atoms with Gasteiger partial charge >= 0.3 is 0 Å². The molecule has 1 rings (SSSR count). The van der Waals surface area contributed by atoms with Crippen molar-refractivity contribution in [1.29, 1.82) is 0 Å². The maximum absolute atomic E-state index is 13.3. The Morgan fingerprint density at radius 2 is 2.13 bits per heavy atom. The Balaban J connectivity index is 3.32. The van der Waals surface area contributed by atoms with Crippen LogP contribution in [0, 0.1) is 5.82 Å². The van der Waals surface area contributed by atoms with Gasteiger partial charge in [0.05, 0.1) is 17.3 Å². The molecule has 0 N–H and O–H groups in total. The van der Waals surface area contributed by atoms with Crippen molar-refractivity contribution in [2.45, 2.75) is 5.75 Å². The zero-order chi connectivity index (χ0) is 11.6. The van der Waals surface area contributed by atoms with Crippen LogP contribution in [0.15, 0.2) is 16.6 Å². The van der Waals surface area contributed by atoms with Crippen molar-refractivity contribution in [3.05, 3.63) is 28.0 Å². The highest BCUT2D eigenvalue weighted by atomic mass is 79.9. The SMILES string of the molecule is COc1c(Br)ccc(F)c1CS(=O)(=O)Cl. The number of methoxy groups -OCH3 is 1. The standard InChI is InChI=1S/C8H7BrClFO3S/c1-14-8-5(4-15(10,12)13)7(11)3-2-6(8)9/h2-3H,4H2,1H3. The Kier molecular flexibility index (Phi) is 3.97. The van der Waals surface area contributed by atoms with Gasteiger partial charge in [0.15, 0.2) is 0 Å². The van der Waals surface area contributed by atoms with E-state index in [0.29, 0.717) is 4.47 Å². The highest BCUT2D eigenvalue weighted by Gasteiger charge is 2.18. The van der Waals surface area contributed by atoms with E-state index in [0.717, 1.165) is 6.07 Å². The van der Waals surface area contributed by atoms with Crippen molar-refractivity contribution in [3.63, 3.8) is 0 Å². The van der Waals surface area contributed by atoms with E-state index in [4.69, 9.17) is 15.4 Å². The molecule has 0 heterocycles. The van der Waals surface area contributed by atoms with Crippen LogP contribution < -0.4 is 4.74 Å². The van der Waals surface area contributed by atoms with Crippen molar-refractivity contribution >= 4 is 35.7 Å². The smallest absolute Gasteiger partial charge is 0.237 e. The molecular weight excluding hydrogens is 311 g/mol. The summed E-state index contributed by atoms with van der Waals surface area (Å²) < 4.78 is 40.4. The van der Waals surface area contributed by atoms with Crippen molar-refractivity contribution in [2.24, 2.45) is 0 Å². The molecule has 0 radical (unpaired) electrons. The molecule has 0 unspecified atom stereocenters. The summed E-state index contributed by atoms with van der Waals surface area (Å²) >= 11 is 3.12. The molecule has 0 atom stereocenters. The first kappa shape index (κ1) is 12.7. The van der Waals surface area contributed by atoms with Crippen molar-refractivity contribution in [2.75, 3.05) is 7.11 Å². The summed E-state index contributed by atoms with van der Waals surface area (Å²) in [5.41, 5.74) is -0.0816. The molecular formula is C8H7BrClFO3S. The van der Waals surface area contributed by atoms with Gasteiger partial charge in [-0.3, -0.25) is 0 Å². The molecule has 0 amide bonds. The van der Waals surface area contributed by atoms with E-state index in [1.54, 1.807) is 0 Å². The van der Waals surface area contributed by atoms with Crippen molar-refractivity contribution in [3.8, 4) is 5.75 Å². The monoisotopic (exact) mass is 316 g/mol. The van der Waals surface area contributed by atoms with E-state index >= 15 is 0 Å². The van der Waals surface area contributed by atoms with Gasteiger partial charge in [0.25, 0.3) is 0 Å². The van der Waals surface area contributed by atoms with Gasteiger partial charge in [0, 0.05) is 16.2 Å². The van der Waals surface area contributed by atoms with Crippen LogP contribution in [0.2, 0.25) is 0 Å². The summed E-state index contributed by atoms with van der Waals surface area (Å²) in [6, 6.07) is 2.57. The minimum absolute atomic E-state index is 0.0816. The van der Waals surface area contributed by atoms with Gasteiger partial charge in [-0.1, -0.05) is 0 Å². The highest BCUT2D eigenvalue weighted by Crippen LogP contribution is 2.32. The van der Waals surface area contributed by atoms with Crippen LogP contribution in [0.3, 0.4) is 0 Å². The van der Waals surface area contributed by atoms with Gasteiger partial charge in [-0.25, -0.2) is 12.8 Å². The molecule has 7 heteroatoms. The lowest BCUT2D eigenvalue weighted by atomic mass is 10.2. The summed E-state index contributed by atoms with van der Waals surface area (Å²) in [5.74, 6) is -1.14. The second-order valence-electron chi connectivity index (χ2n) is 2.72. The number of benzene rings is 1. The lowest BCUT2D eigenvalue weighted by Crippen LogP contribution is -2.02. The van der Waals surface area contributed by atoms with Gasteiger partial charge in [-0.2, -0.15) is 0 Å². The van der Waals surface area contributed by atoms with E-state index in [2.05, 4.69) is 15.9 Å². The fourth-order valence-corrected chi connectivity index (χ4v) is 2.58. The van der Waals surface area contributed by atoms with Crippen LogP contribution in [0.1, 0.15) is 5.56 Å². The number of halogens is 3. The Morgan fingerprint density at radius 1 is 1.53 bits per heavy atom. The maximum Gasteiger partial charge on any atom is 0.237 e. The number of ether oxygens (including phenoxy) is 1. The van der Waals surface area contributed by atoms with E-state index in [1.807, 2.05) is 0 Å². The van der Waals surface area contributed by atoms with E-state index < -0.39 is 20.6 Å². The molecule has 0 aliphatic heterocycles. The third-order valence-electron chi connectivity index (χ3n) is 1.68. The first-order valence-corrected chi connectivity index (χ1v) is 7.05. The predicted octanol–water partition coefficient (Wildman–Crippen LogP) is 2.67. The van der Waals surface area contributed by atoms with E-state index in [1.165, 1.54) is 13.2 Å². The average molecular weight is 318 g/mol. The van der Waals surface area contributed by atoms with Crippen LogP contribution in [-0.4, -0.2) is 15.5 Å². The second kappa shape index (κ2) is 4.67. The normalized spacial score (nSPS) is 11.5. The first-order valence-electron chi connectivity index (χ1n) is 3.78. The number of hydrogen-bond acceptors (Lipinski definition) is 3. The minimum atomic E-state index is -3.82. The molecule has 0 aromatic heterocycles. The van der Waals surface area contributed by atoms with Crippen LogP contribution >= 0.6 is 26.6 Å². The van der Waals surface area contributed by atoms with Gasteiger partial charge in [0.1, 0.15) is 11.6 Å². The highest BCUT2D eigenvalue weighted by molar-refractivity contribution is 9.10. The van der Waals surface area contributed by atoms with E-state index in [-0.39, 0.29) is 11.3 Å². The van der Waals surface area contributed by atoms with Crippen molar-refractivity contribution in [1.82, 2.24) is 0 Å². The van der Waals surface area contributed by atoms with Gasteiger partial charge in [-0.15, -0.1) is 0 Å². The third kappa shape index (κ3) is 3.32. The summed E-state index contributed by atoms with van der Waals surface area (Å²) in [7, 11) is 2.56. The molecule has 1 aromatic carbocycles. The molecule has 0 aliphatic carbocycles. The average Bonchev–Trinajstić information content (AvgIpc) is 2.10. The molecule has 0 saturated carbocycles. The zero-order valence-electron chi connectivity index (χ0n) is 7.63. The van der Waals surface area contributed by atoms with Crippen LogP contribution in [0.4, 0.5) is 4.39 Å². The summed E-state index contributed by atoms with van der Waals surface area (Å²) in [4.78, 5) is 0. The Labute approximate surface area is 99.7 Å². The minimum Gasteiger partial charge on any atom is -0.495 e. The molecule has 0 bridgehead atoms. The molecule has 3 nitrogen and oxygen atoms in total. The summed E-state index contributed by atoms with van der Waals surface area (Å²) in [5, 5.41) is 0. The lowest BCUT2D eigenvalue weighted by molar-refractivity contribution is 0.403. The molecule has 0 spiro atoms.